The molecule has 0 heterocycles. The third kappa shape index (κ3) is 2.70. The largest absolute Gasteiger partial charge is 0.547 e. The van der Waals surface area contributed by atoms with Crippen LogP contribution in [0.4, 0.5) is 0 Å². The lowest BCUT2D eigenvalue weighted by Crippen LogP contribution is -2.60. The first-order valence-corrected chi connectivity index (χ1v) is 11.3. The molecule has 2 bridgehead atoms. The summed E-state index contributed by atoms with van der Waals surface area (Å²) in [5.41, 5.74) is 1.17. The molecule has 124 valence electrons. The summed E-state index contributed by atoms with van der Waals surface area (Å²) >= 11 is 0. The number of allylic oxidation sites excluding steroid dienone is 3. The smallest absolute Gasteiger partial charge is 0.241 e. The molecule has 0 N–H and O–H groups in total. The van der Waals surface area contributed by atoms with Gasteiger partial charge in [0.25, 0.3) is 0 Å². The third-order valence-corrected chi connectivity index (χ3v) is 5.55. The molecule has 4 nitrogen and oxygen atoms in total. The molecule has 0 aromatic heterocycles. The first-order valence-electron chi connectivity index (χ1n) is 7.88. The van der Waals surface area contributed by atoms with E-state index in [4.69, 9.17) is 13.9 Å². The fraction of sp³-hybridized carbons (Fsp3) is 0.706. The summed E-state index contributed by atoms with van der Waals surface area (Å²) in [5, 5.41) is 0. The topological polar surface area (TPSA) is 44.8 Å². The second-order valence-electron chi connectivity index (χ2n) is 7.18. The number of rotatable bonds is 5. The number of ketones is 1. The molecule has 3 atom stereocenters. The molecule has 0 aromatic carbocycles. The first-order chi connectivity index (χ1) is 10.2. The van der Waals surface area contributed by atoms with E-state index in [1.807, 2.05) is 13.0 Å². The van der Waals surface area contributed by atoms with E-state index < -0.39 is 14.1 Å². The summed E-state index contributed by atoms with van der Waals surface area (Å²) in [6, 6.07) is 0. The van der Waals surface area contributed by atoms with E-state index in [1.165, 1.54) is 5.57 Å². The van der Waals surface area contributed by atoms with Crippen molar-refractivity contribution in [3.63, 3.8) is 0 Å². The van der Waals surface area contributed by atoms with Gasteiger partial charge >= 0.3 is 0 Å². The maximum atomic E-state index is 12.9. The first kappa shape index (κ1) is 17.4. The number of Topliss-reactive ketones (excluding diaryl/α,β-unsaturated/α-hetero) is 1. The predicted octanol–water partition coefficient (Wildman–Crippen LogP) is 3.51. The van der Waals surface area contributed by atoms with Gasteiger partial charge in [0.2, 0.25) is 14.1 Å². The molecule has 3 aliphatic rings. The van der Waals surface area contributed by atoms with Gasteiger partial charge in [-0.05, 0) is 39.9 Å². The monoisotopic (exact) mass is 324 g/mol. The Morgan fingerprint density at radius 2 is 1.91 bits per heavy atom. The molecular weight excluding hydrogens is 296 g/mol. The van der Waals surface area contributed by atoms with Crippen LogP contribution in [0.3, 0.4) is 0 Å². The van der Waals surface area contributed by atoms with E-state index in [2.05, 4.69) is 32.6 Å². The minimum Gasteiger partial charge on any atom is -0.547 e. The Balaban J connectivity index is 2.37. The van der Waals surface area contributed by atoms with Gasteiger partial charge in [-0.2, -0.15) is 0 Å². The van der Waals surface area contributed by atoms with Gasteiger partial charge in [-0.25, -0.2) is 0 Å². The third-order valence-electron chi connectivity index (χ3n) is 4.70. The quantitative estimate of drug-likeness (QED) is 0.336. The van der Waals surface area contributed by atoms with Crippen LogP contribution in [0.1, 0.15) is 20.3 Å². The van der Waals surface area contributed by atoms with Crippen LogP contribution in [-0.4, -0.2) is 34.1 Å². The Bertz CT molecular complexity index is 511. The summed E-state index contributed by atoms with van der Waals surface area (Å²) in [4.78, 5) is 12.9. The number of methoxy groups -OCH3 is 2. The molecule has 1 fully saturated rings. The molecule has 3 rings (SSSR count). The standard InChI is InChI=1S/C17H28O4Si/c1-8-15(21-22(5,6)7)12-10-14-11(2)9-13(12)16(18)17(14,19-3)20-4/h8-9,12-14H,10H2,1-7H3/b15-8-/t12-,13-,14-/m1/s1. The number of carbonyl (C=O) groups is 1. The van der Waals surface area contributed by atoms with Crippen molar-refractivity contribution in [3.8, 4) is 0 Å². The van der Waals surface area contributed by atoms with E-state index in [0.29, 0.717) is 0 Å². The highest BCUT2D eigenvalue weighted by Gasteiger charge is 2.59. The van der Waals surface area contributed by atoms with Crippen molar-refractivity contribution in [2.75, 3.05) is 14.2 Å². The SMILES string of the molecule is C/C=C(\O[Si](C)(C)C)[C@@H]1C[C@@H]2C(C)=C[C@H]1C(=O)C2(OC)OC. The zero-order valence-electron chi connectivity index (χ0n) is 14.7. The van der Waals surface area contributed by atoms with Crippen LogP contribution in [0.2, 0.25) is 19.6 Å². The maximum Gasteiger partial charge on any atom is 0.241 e. The van der Waals surface area contributed by atoms with Gasteiger partial charge in [-0.3, -0.25) is 4.79 Å². The molecule has 0 unspecified atom stereocenters. The van der Waals surface area contributed by atoms with Gasteiger partial charge in [-0.15, -0.1) is 0 Å². The summed E-state index contributed by atoms with van der Waals surface area (Å²) in [5.74, 6) is -0.346. The molecule has 3 aliphatic carbocycles. The number of ether oxygens (including phenoxy) is 2. The van der Waals surface area contributed by atoms with Gasteiger partial charge in [0, 0.05) is 26.1 Å². The number of hydrogen-bond donors (Lipinski definition) is 0. The van der Waals surface area contributed by atoms with E-state index in [0.717, 1.165) is 12.2 Å². The zero-order chi connectivity index (χ0) is 16.7. The van der Waals surface area contributed by atoms with E-state index >= 15 is 0 Å². The minimum atomic E-state index is -1.71. The molecule has 0 aromatic rings. The van der Waals surface area contributed by atoms with Crippen LogP contribution < -0.4 is 0 Å². The zero-order valence-corrected chi connectivity index (χ0v) is 15.7. The Labute approximate surface area is 134 Å². The number of carbonyl (C=O) groups excluding carboxylic acids is 1. The highest BCUT2D eigenvalue weighted by atomic mass is 28.4. The van der Waals surface area contributed by atoms with Crippen LogP contribution in [0, 0.1) is 17.8 Å². The summed E-state index contributed by atoms with van der Waals surface area (Å²) in [6.07, 6.45) is 4.92. The van der Waals surface area contributed by atoms with Crippen LogP contribution in [-0.2, 0) is 18.7 Å². The van der Waals surface area contributed by atoms with Crippen molar-refractivity contribution in [1.82, 2.24) is 0 Å². The summed E-state index contributed by atoms with van der Waals surface area (Å²) < 4.78 is 17.3. The van der Waals surface area contributed by atoms with E-state index in [-0.39, 0.29) is 23.5 Å². The Morgan fingerprint density at radius 1 is 1.32 bits per heavy atom. The lowest BCUT2D eigenvalue weighted by atomic mass is 9.61. The molecule has 22 heavy (non-hydrogen) atoms. The van der Waals surface area contributed by atoms with Gasteiger partial charge in [0.15, 0.2) is 5.78 Å². The van der Waals surface area contributed by atoms with Gasteiger partial charge in [0.1, 0.15) is 0 Å². The normalized spacial score (nSPS) is 31.2. The van der Waals surface area contributed by atoms with Gasteiger partial charge in [0.05, 0.1) is 11.7 Å². The van der Waals surface area contributed by atoms with E-state index in [1.54, 1.807) is 14.2 Å². The van der Waals surface area contributed by atoms with Crippen molar-refractivity contribution >= 4 is 14.1 Å². The molecule has 5 heteroatoms. The fourth-order valence-electron chi connectivity index (χ4n) is 3.78. The lowest BCUT2D eigenvalue weighted by Gasteiger charge is -2.50. The Hall–Kier alpha value is -0.913. The average Bonchev–Trinajstić information content (AvgIpc) is 2.45. The predicted molar refractivity (Wildman–Crippen MR) is 88.8 cm³/mol. The van der Waals surface area contributed by atoms with Crippen molar-refractivity contribution < 1.29 is 18.7 Å². The van der Waals surface area contributed by atoms with Crippen molar-refractivity contribution in [1.29, 1.82) is 0 Å². The minimum absolute atomic E-state index is 0.0166. The average molecular weight is 324 g/mol. The van der Waals surface area contributed by atoms with Crippen molar-refractivity contribution in [2.45, 2.75) is 45.7 Å². The van der Waals surface area contributed by atoms with Crippen molar-refractivity contribution in [3.05, 3.63) is 23.5 Å². The van der Waals surface area contributed by atoms with E-state index in [9.17, 15) is 4.79 Å². The molecule has 0 amide bonds. The highest BCUT2D eigenvalue weighted by Crippen LogP contribution is 2.51. The Kier molecular flexibility index (Phi) is 4.71. The second kappa shape index (κ2) is 5.94. The van der Waals surface area contributed by atoms with Crippen LogP contribution in [0.5, 0.6) is 0 Å². The molecular formula is C17H28O4Si. The maximum absolute atomic E-state index is 12.9. The highest BCUT2D eigenvalue weighted by molar-refractivity contribution is 6.70. The van der Waals surface area contributed by atoms with Crippen LogP contribution in [0.25, 0.3) is 0 Å². The number of hydrogen-bond acceptors (Lipinski definition) is 4. The Morgan fingerprint density at radius 3 is 2.36 bits per heavy atom. The van der Waals surface area contributed by atoms with Crippen LogP contribution >= 0.6 is 0 Å². The van der Waals surface area contributed by atoms with Crippen LogP contribution in [0.15, 0.2) is 23.5 Å². The summed E-state index contributed by atoms with van der Waals surface area (Å²) in [7, 11) is 1.40. The number of fused-ring (bicyclic) bond motifs is 2. The molecule has 0 saturated heterocycles. The molecule has 0 aliphatic heterocycles. The van der Waals surface area contributed by atoms with Gasteiger partial charge < -0.3 is 13.9 Å². The van der Waals surface area contributed by atoms with Gasteiger partial charge in [-0.1, -0.05) is 17.7 Å². The van der Waals surface area contributed by atoms with Crippen molar-refractivity contribution in [2.24, 2.45) is 17.8 Å². The second-order valence-corrected chi connectivity index (χ2v) is 11.6. The summed E-state index contributed by atoms with van der Waals surface area (Å²) in [6.45, 7) is 10.5. The molecule has 1 saturated carbocycles. The fourth-order valence-corrected chi connectivity index (χ4v) is 4.76. The molecule has 0 spiro atoms. The molecule has 0 radical (unpaired) electrons. The lowest BCUT2D eigenvalue weighted by molar-refractivity contribution is -0.241.